The van der Waals surface area contributed by atoms with Crippen molar-refractivity contribution in [3.63, 3.8) is 0 Å². The van der Waals surface area contributed by atoms with Gasteiger partial charge >= 0.3 is 13.8 Å². The summed E-state index contributed by atoms with van der Waals surface area (Å²) in [6.07, 6.45) is 28.6. The number of ether oxygens (including phenoxy) is 2. The highest BCUT2D eigenvalue weighted by atomic mass is 31.2. The molecule has 1 rings (SSSR count). The fraction of sp³-hybridized carbons (Fsp3) is 0.935. The second-order valence-corrected chi connectivity index (χ2v) is 18.4. The monoisotopic (exact) mass is 865 g/mol. The van der Waals surface area contributed by atoms with E-state index in [0.717, 1.165) is 57.8 Å². The number of allylic oxidation sites excluding steroid dienone is 2. The Labute approximate surface area is 358 Å². The zero-order chi connectivity index (χ0) is 43.4. The molecule has 1 aliphatic rings. The summed E-state index contributed by atoms with van der Waals surface area (Å²) in [6, 6.07) is 0. The van der Waals surface area contributed by atoms with Gasteiger partial charge in [0.1, 0.15) is 42.7 Å². The van der Waals surface area contributed by atoms with Gasteiger partial charge in [-0.2, -0.15) is 0 Å². The molecule has 0 aromatic carbocycles. The molecule has 6 N–H and O–H groups in total. The van der Waals surface area contributed by atoms with E-state index in [1.807, 2.05) is 0 Å². The largest absolute Gasteiger partial charge is 0.472 e. The summed E-state index contributed by atoms with van der Waals surface area (Å²) in [7, 11) is -5.01. The molecule has 1 saturated carbocycles. The Morgan fingerprint density at radius 3 is 1.39 bits per heavy atom. The van der Waals surface area contributed by atoms with Gasteiger partial charge in [-0.3, -0.25) is 13.8 Å². The maximum Gasteiger partial charge on any atom is 0.472 e. The van der Waals surface area contributed by atoms with Gasteiger partial charge in [0.15, 0.2) is 0 Å². The average molecular weight is 865 g/mol. The van der Waals surface area contributed by atoms with Crippen LogP contribution in [-0.2, 0) is 27.9 Å². The van der Waals surface area contributed by atoms with E-state index in [4.69, 9.17) is 18.5 Å². The van der Waals surface area contributed by atoms with Crippen LogP contribution in [0.3, 0.4) is 0 Å². The minimum absolute atomic E-state index is 0.0757. The van der Waals surface area contributed by atoms with E-state index < -0.39 is 63.1 Å². The second-order valence-electron chi connectivity index (χ2n) is 17.0. The molecule has 0 bridgehead atoms. The van der Waals surface area contributed by atoms with Crippen molar-refractivity contribution in [3.8, 4) is 0 Å². The van der Waals surface area contributed by atoms with E-state index in [1.165, 1.54) is 128 Å². The summed E-state index contributed by atoms with van der Waals surface area (Å²) in [6.45, 7) is 4.24. The fourth-order valence-electron chi connectivity index (χ4n) is 7.51. The quantitative estimate of drug-likeness (QED) is 0.0148. The molecule has 0 spiro atoms. The van der Waals surface area contributed by atoms with Crippen LogP contribution in [0.25, 0.3) is 0 Å². The van der Waals surface area contributed by atoms with E-state index in [2.05, 4.69) is 26.0 Å². The van der Waals surface area contributed by atoms with E-state index in [1.54, 1.807) is 0 Å². The molecule has 0 aliphatic heterocycles. The first-order chi connectivity index (χ1) is 28.5. The van der Waals surface area contributed by atoms with E-state index >= 15 is 0 Å². The van der Waals surface area contributed by atoms with Crippen LogP contribution in [0.4, 0.5) is 0 Å². The van der Waals surface area contributed by atoms with E-state index in [-0.39, 0.29) is 13.0 Å². The summed E-state index contributed by atoms with van der Waals surface area (Å²) in [5, 5.41) is 50.2. The Bertz CT molecular complexity index is 1030. The van der Waals surface area contributed by atoms with Gasteiger partial charge in [0.25, 0.3) is 0 Å². The number of unbranched alkanes of at least 4 members (excludes halogenated alkanes) is 27. The predicted octanol–water partition coefficient (Wildman–Crippen LogP) is 9.92. The summed E-state index contributed by atoms with van der Waals surface area (Å²) in [5.74, 6) is -0.475. The maximum absolute atomic E-state index is 12.8. The molecule has 0 radical (unpaired) electrons. The first-order valence-corrected chi connectivity index (χ1v) is 25.5. The lowest BCUT2D eigenvalue weighted by Crippen LogP contribution is -2.64. The number of carbonyl (C=O) groups excluding carboxylic acids is 1. The van der Waals surface area contributed by atoms with Crippen LogP contribution in [0.1, 0.15) is 213 Å². The lowest BCUT2D eigenvalue weighted by atomic mass is 9.85. The number of hydrogen-bond donors (Lipinski definition) is 6. The topological polar surface area (TPSA) is 192 Å². The molecule has 13 heteroatoms. The van der Waals surface area contributed by atoms with Crippen LogP contribution in [0, 0.1) is 0 Å². The van der Waals surface area contributed by atoms with Gasteiger partial charge in [-0.05, 0) is 32.1 Å². The average Bonchev–Trinajstić information content (AvgIpc) is 3.22. The normalized spacial score (nSPS) is 22.5. The van der Waals surface area contributed by atoms with Crippen LogP contribution < -0.4 is 0 Å². The Hall–Kier alpha value is -0.920. The molecule has 350 valence electrons. The molecule has 0 aromatic rings. The van der Waals surface area contributed by atoms with Crippen LogP contribution in [0.5, 0.6) is 0 Å². The minimum Gasteiger partial charge on any atom is -0.457 e. The number of aliphatic hydroxyl groups excluding tert-OH is 5. The third kappa shape index (κ3) is 29.9. The second kappa shape index (κ2) is 37.6. The number of phosphoric ester groups is 1. The van der Waals surface area contributed by atoms with Crippen LogP contribution in [-0.4, -0.2) is 98.9 Å². The van der Waals surface area contributed by atoms with Crippen molar-refractivity contribution in [1.82, 2.24) is 0 Å². The SMILES string of the molecule is CCCC/C=C\CCCCCCCCOCC(COP(=O)(O)OC1C(O)C(O)C(O)C(O)C1O)OC(=O)CCCCCCCCCCCCCCCCCCCCCC. The minimum atomic E-state index is -5.01. The Balaban J connectivity index is 2.33. The van der Waals surface area contributed by atoms with E-state index in [9.17, 15) is 39.8 Å². The Kier molecular flexibility index (Phi) is 35.8. The summed E-state index contributed by atoms with van der Waals surface area (Å²) in [4.78, 5) is 23.2. The molecule has 6 atom stereocenters. The number of esters is 1. The van der Waals surface area contributed by atoms with Gasteiger partial charge in [0.2, 0.25) is 0 Å². The summed E-state index contributed by atoms with van der Waals surface area (Å²) in [5.41, 5.74) is 0. The smallest absolute Gasteiger partial charge is 0.457 e. The Morgan fingerprint density at radius 2 is 0.915 bits per heavy atom. The van der Waals surface area contributed by atoms with Crippen molar-refractivity contribution in [3.05, 3.63) is 12.2 Å². The van der Waals surface area contributed by atoms with Crippen molar-refractivity contribution in [2.45, 2.75) is 256 Å². The van der Waals surface area contributed by atoms with Gasteiger partial charge in [-0.1, -0.05) is 187 Å². The van der Waals surface area contributed by atoms with Gasteiger partial charge < -0.3 is 39.9 Å². The molecule has 1 aliphatic carbocycles. The number of carbonyl (C=O) groups is 1. The molecule has 1 fully saturated rings. The molecule has 0 saturated heterocycles. The van der Waals surface area contributed by atoms with Gasteiger partial charge in [-0.25, -0.2) is 4.57 Å². The van der Waals surface area contributed by atoms with Crippen LogP contribution >= 0.6 is 7.82 Å². The van der Waals surface area contributed by atoms with Crippen molar-refractivity contribution in [1.29, 1.82) is 0 Å². The summed E-state index contributed by atoms with van der Waals surface area (Å²) < 4.78 is 34.2. The van der Waals surface area contributed by atoms with Crippen molar-refractivity contribution in [2.24, 2.45) is 0 Å². The maximum atomic E-state index is 12.8. The Morgan fingerprint density at radius 1 is 0.525 bits per heavy atom. The molecule has 0 heterocycles. The zero-order valence-corrected chi connectivity index (χ0v) is 38.2. The predicted molar refractivity (Wildman–Crippen MR) is 235 cm³/mol. The van der Waals surface area contributed by atoms with Crippen molar-refractivity contribution < 1.29 is 58.3 Å². The van der Waals surface area contributed by atoms with Crippen LogP contribution in [0.2, 0.25) is 0 Å². The number of hydrogen-bond acceptors (Lipinski definition) is 11. The highest BCUT2D eigenvalue weighted by molar-refractivity contribution is 7.47. The standard InChI is InChI=1S/C46H89O12P/c1-3-5-7-9-11-13-15-17-18-19-20-21-22-23-24-25-27-29-31-33-35-40(47)57-39(37-55-36-34-32-30-28-26-16-14-12-10-8-6-4-2)38-56-59(53,54)58-46-44(51)42(49)41(48)43(50)45(46)52/h10,12,39,41-46,48-52H,3-9,11,13-38H2,1-2H3,(H,53,54)/b12-10-. The first-order valence-electron chi connectivity index (χ1n) is 24.0. The number of rotatable bonds is 41. The van der Waals surface area contributed by atoms with Crippen LogP contribution in [0.15, 0.2) is 12.2 Å². The highest BCUT2D eigenvalue weighted by Gasteiger charge is 2.51. The molecular weight excluding hydrogens is 775 g/mol. The molecule has 0 amide bonds. The first kappa shape index (κ1) is 56.1. The molecule has 12 nitrogen and oxygen atoms in total. The third-order valence-corrected chi connectivity index (χ3v) is 12.4. The van der Waals surface area contributed by atoms with E-state index in [0.29, 0.717) is 13.0 Å². The molecule has 6 unspecified atom stereocenters. The highest BCUT2D eigenvalue weighted by Crippen LogP contribution is 2.47. The lowest BCUT2D eigenvalue weighted by molar-refractivity contribution is -0.220. The molecular formula is C46H89O12P. The zero-order valence-electron chi connectivity index (χ0n) is 37.3. The van der Waals surface area contributed by atoms with Gasteiger partial charge in [0, 0.05) is 13.0 Å². The molecule has 59 heavy (non-hydrogen) atoms. The van der Waals surface area contributed by atoms with Gasteiger partial charge in [-0.15, -0.1) is 0 Å². The number of phosphoric acid groups is 1. The fourth-order valence-corrected chi connectivity index (χ4v) is 8.49. The third-order valence-electron chi connectivity index (χ3n) is 11.4. The molecule has 0 aromatic heterocycles. The lowest BCUT2D eigenvalue weighted by Gasteiger charge is -2.41. The number of aliphatic hydroxyl groups is 5. The summed E-state index contributed by atoms with van der Waals surface area (Å²) >= 11 is 0. The van der Waals surface area contributed by atoms with Crippen molar-refractivity contribution >= 4 is 13.8 Å². The van der Waals surface area contributed by atoms with Crippen molar-refractivity contribution in [2.75, 3.05) is 19.8 Å². The van der Waals surface area contributed by atoms with Gasteiger partial charge in [0.05, 0.1) is 13.2 Å².